The molecule has 4 aliphatic rings. The van der Waals surface area contributed by atoms with Crippen molar-refractivity contribution in [1.82, 2.24) is 0 Å². The zero-order valence-electron chi connectivity index (χ0n) is 20.8. The molecule has 0 saturated heterocycles. The van der Waals surface area contributed by atoms with Crippen LogP contribution in [-0.2, 0) is 4.74 Å². The van der Waals surface area contributed by atoms with E-state index in [0.717, 1.165) is 54.8 Å². The number of primary amides is 1. The lowest BCUT2D eigenvalue weighted by molar-refractivity contribution is -0.0578. The molecular weight excluding hydrogens is 382 g/mol. The molecule has 3 saturated carbocycles. The van der Waals surface area contributed by atoms with Gasteiger partial charge in [0.05, 0.1) is 0 Å². The van der Waals surface area contributed by atoms with Crippen LogP contribution in [0.1, 0.15) is 105 Å². The van der Waals surface area contributed by atoms with E-state index in [-0.39, 0.29) is 6.10 Å². The van der Waals surface area contributed by atoms with Crippen LogP contribution in [0.5, 0.6) is 0 Å². The Morgan fingerprint density at radius 3 is 2.58 bits per heavy atom. The summed E-state index contributed by atoms with van der Waals surface area (Å²) in [6.45, 7) is 12.5. The molecule has 3 unspecified atom stereocenters. The van der Waals surface area contributed by atoms with Crippen LogP contribution >= 0.6 is 0 Å². The van der Waals surface area contributed by atoms with Gasteiger partial charge in [-0.25, -0.2) is 4.79 Å². The second-order valence-electron chi connectivity index (χ2n) is 12.6. The van der Waals surface area contributed by atoms with Crippen LogP contribution < -0.4 is 5.73 Å². The first-order valence-corrected chi connectivity index (χ1v) is 13.3. The smallest absolute Gasteiger partial charge is 0.404 e. The van der Waals surface area contributed by atoms with Crippen molar-refractivity contribution in [2.75, 3.05) is 0 Å². The van der Waals surface area contributed by atoms with E-state index in [1.807, 2.05) is 0 Å². The van der Waals surface area contributed by atoms with Crippen LogP contribution in [0.15, 0.2) is 11.6 Å². The van der Waals surface area contributed by atoms with Gasteiger partial charge in [-0.05, 0) is 91.3 Å². The number of hydrogen-bond donors (Lipinski definition) is 1. The zero-order chi connectivity index (χ0) is 22.4. The zero-order valence-corrected chi connectivity index (χ0v) is 20.8. The lowest BCUT2D eigenvalue weighted by Crippen LogP contribution is -2.51. The van der Waals surface area contributed by atoms with Crippen molar-refractivity contribution >= 4 is 6.09 Å². The van der Waals surface area contributed by atoms with Gasteiger partial charge < -0.3 is 10.5 Å². The Labute approximate surface area is 190 Å². The fourth-order valence-electron chi connectivity index (χ4n) is 8.92. The molecule has 8 atom stereocenters. The second kappa shape index (κ2) is 8.75. The maximum absolute atomic E-state index is 11.3. The minimum Gasteiger partial charge on any atom is -0.446 e. The number of rotatable bonds is 6. The highest BCUT2D eigenvalue weighted by Gasteiger charge is 2.59. The van der Waals surface area contributed by atoms with E-state index in [1.54, 1.807) is 5.57 Å². The van der Waals surface area contributed by atoms with Crippen LogP contribution in [0.25, 0.3) is 0 Å². The average Bonchev–Trinajstić information content (AvgIpc) is 3.05. The maximum atomic E-state index is 11.3. The lowest BCUT2D eigenvalue weighted by Gasteiger charge is -2.58. The SMILES string of the molecule is CC(C)CCC[C@H](C)[C@H]1CCC2C3CC=C4C[C@@H](OC(N)=O)CC[C@]4(C)C3CC[C@@]21C. The predicted molar refractivity (Wildman–Crippen MR) is 128 cm³/mol. The van der Waals surface area contributed by atoms with Crippen molar-refractivity contribution in [3.8, 4) is 0 Å². The molecule has 176 valence electrons. The normalized spacial score (nSPS) is 42.9. The van der Waals surface area contributed by atoms with E-state index in [1.165, 1.54) is 51.4 Å². The van der Waals surface area contributed by atoms with Crippen LogP contribution in [0.3, 0.4) is 0 Å². The number of amides is 1. The van der Waals surface area contributed by atoms with Crippen LogP contribution in [-0.4, -0.2) is 12.2 Å². The number of allylic oxidation sites excluding steroid dienone is 1. The number of hydrogen-bond acceptors (Lipinski definition) is 2. The van der Waals surface area contributed by atoms with Crippen LogP contribution in [0.4, 0.5) is 4.79 Å². The van der Waals surface area contributed by atoms with Gasteiger partial charge in [-0.2, -0.15) is 0 Å². The number of carbonyl (C=O) groups excluding carboxylic acids is 1. The molecule has 2 N–H and O–H groups in total. The van der Waals surface area contributed by atoms with E-state index >= 15 is 0 Å². The van der Waals surface area contributed by atoms with Crippen molar-refractivity contribution in [3.05, 3.63) is 11.6 Å². The predicted octanol–water partition coefficient (Wildman–Crippen LogP) is 7.49. The Bertz CT molecular complexity index is 699. The molecule has 4 rings (SSSR count). The minimum absolute atomic E-state index is 0.00946. The summed E-state index contributed by atoms with van der Waals surface area (Å²) in [6, 6.07) is 0. The summed E-state index contributed by atoms with van der Waals surface area (Å²) in [5.74, 6) is 5.20. The van der Waals surface area contributed by atoms with Gasteiger partial charge in [-0.15, -0.1) is 0 Å². The summed E-state index contributed by atoms with van der Waals surface area (Å²) in [5.41, 5.74) is 7.72. The molecule has 0 heterocycles. The van der Waals surface area contributed by atoms with E-state index < -0.39 is 6.09 Å². The molecule has 0 aromatic carbocycles. The Morgan fingerprint density at radius 1 is 1.10 bits per heavy atom. The first kappa shape index (κ1) is 23.2. The van der Waals surface area contributed by atoms with Gasteiger partial charge in [0.15, 0.2) is 0 Å². The molecule has 0 spiro atoms. The molecule has 3 nitrogen and oxygen atoms in total. The van der Waals surface area contributed by atoms with Crippen molar-refractivity contribution in [3.63, 3.8) is 0 Å². The van der Waals surface area contributed by atoms with Gasteiger partial charge >= 0.3 is 6.09 Å². The molecule has 4 aliphatic carbocycles. The molecule has 1 amide bonds. The quantitative estimate of drug-likeness (QED) is 0.445. The monoisotopic (exact) mass is 429 g/mol. The number of ether oxygens (including phenoxy) is 1. The molecule has 0 aliphatic heterocycles. The lowest BCUT2D eigenvalue weighted by atomic mass is 9.47. The second-order valence-corrected chi connectivity index (χ2v) is 12.6. The highest BCUT2D eigenvalue weighted by atomic mass is 16.6. The topological polar surface area (TPSA) is 52.3 Å². The highest BCUT2D eigenvalue weighted by Crippen LogP contribution is 2.67. The third kappa shape index (κ3) is 4.20. The van der Waals surface area contributed by atoms with Gasteiger partial charge in [0.25, 0.3) is 0 Å². The third-order valence-electron chi connectivity index (χ3n) is 10.5. The molecule has 0 aromatic rings. The molecule has 31 heavy (non-hydrogen) atoms. The molecule has 0 bridgehead atoms. The number of fused-ring (bicyclic) bond motifs is 5. The van der Waals surface area contributed by atoms with Gasteiger partial charge in [0, 0.05) is 6.42 Å². The summed E-state index contributed by atoms with van der Waals surface area (Å²) < 4.78 is 5.39. The molecular formula is C28H47NO2. The van der Waals surface area contributed by atoms with E-state index in [0.29, 0.717) is 10.8 Å². The van der Waals surface area contributed by atoms with Gasteiger partial charge in [-0.3, -0.25) is 0 Å². The van der Waals surface area contributed by atoms with Crippen LogP contribution in [0, 0.1) is 46.3 Å². The number of nitrogens with two attached hydrogens (primary N) is 1. The summed E-state index contributed by atoms with van der Waals surface area (Å²) in [5, 5.41) is 0. The largest absolute Gasteiger partial charge is 0.446 e. The van der Waals surface area contributed by atoms with Crippen molar-refractivity contribution in [1.29, 1.82) is 0 Å². The summed E-state index contributed by atoms with van der Waals surface area (Å²) >= 11 is 0. The molecule has 0 radical (unpaired) electrons. The average molecular weight is 430 g/mol. The maximum Gasteiger partial charge on any atom is 0.404 e. The van der Waals surface area contributed by atoms with E-state index in [2.05, 4.69) is 40.7 Å². The first-order chi connectivity index (χ1) is 14.6. The highest BCUT2D eigenvalue weighted by molar-refractivity contribution is 5.64. The fraction of sp³-hybridized carbons (Fsp3) is 0.893. The first-order valence-electron chi connectivity index (χ1n) is 13.3. The molecule has 3 fully saturated rings. The Morgan fingerprint density at radius 2 is 1.87 bits per heavy atom. The van der Waals surface area contributed by atoms with Gasteiger partial charge in [-0.1, -0.05) is 65.5 Å². The van der Waals surface area contributed by atoms with Crippen LogP contribution in [0.2, 0.25) is 0 Å². The fourth-order valence-corrected chi connectivity index (χ4v) is 8.92. The number of carbonyl (C=O) groups is 1. The van der Waals surface area contributed by atoms with Crippen molar-refractivity contribution < 1.29 is 9.53 Å². The van der Waals surface area contributed by atoms with Gasteiger partial charge in [0.2, 0.25) is 0 Å². The van der Waals surface area contributed by atoms with Crippen molar-refractivity contribution in [2.24, 2.45) is 52.1 Å². The van der Waals surface area contributed by atoms with Gasteiger partial charge in [0.1, 0.15) is 6.10 Å². The minimum atomic E-state index is -0.615. The third-order valence-corrected chi connectivity index (χ3v) is 10.5. The van der Waals surface area contributed by atoms with E-state index in [4.69, 9.17) is 10.5 Å². The Kier molecular flexibility index (Phi) is 6.54. The Balaban J connectivity index is 1.47. The summed E-state index contributed by atoms with van der Waals surface area (Å²) in [4.78, 5) is 11.3. The van der Waals surface area contributed by atoms with Crippen molar-refractivity contribution in [2.45, 2.75) is 111 Å². The molecule has 0 aromatic heterocycles. The molecule has 3 heteroatoms. The standard InChI is InChI=1S/C28H47NO2/c1-18(2)7-6-8-19(3)23-11-12-24-22-10-9-20-17-21(31-26(29)30)13-15-27(20,4)25(22)14-16-28(23,24)5/h9,18-19,21-25H,6-8,10-17H2,1-5H3,(H2,29,30)/t19-,21-,22?,23+,24?,25?,27-,28+/m0/s1. The Hall–Kier alpha value is -0.990. The summed E-state index contributed by atoms with van der Waals surface area (Å²) in [6.07, 6.45) is 16.1. The van der Waals surface area contributed by atoms with E-state index in [9.17, 15) is 4.79 Å². The summed E-state index contributed by atoms with van der Waals surface area (Å²) in [7, 11) is 0.